The lowest BCUT2D eigenvalue weighted by Gasteiger charge is -1.98. The Bertz CT molecular complexity index is 592. The lowest BCUT2D eigenvalue weighted by molar-refractivity contribution is 0.314. The van der Waals surface area contributed by atoms with Crippen LogP contribution in [0.25, 0.3) is 10.4 Å². The van der Waals surface area contributed by atoms with Crippen LogP contribution < -0.4 is 0 Å². The number of thioether (sulfide) groups is 1. The molecular weight excluding hydrogens is 324 g/mol. The van der Waals surface area contributed by atoms with Gasteiger partial charge in [0.1, 0.15) is 0 Å². The molecule has 0 aliphatic rings. The molecule has 0 saturated carbocycles. The third kappa shape index (κ3) is 6.46. The van der Waals surface area contributed by atoms with Gasteiger partial charge in [-0.2, -0.15) is 0 Å². The minimum atomic E-state index is -4.41. The van der Waals surface area contributed by atoms with Gasteiger partial charge in [0.05, 0.1) is 12.0 Å². The molecule has 4 nitrogen and oxygen atoms in total. The van der Waals surface area contributed by atoms with Crippen LogP contribution in [-0.2, 0) is 14.6 Å². The first kappa shape index (κ1) is 16.5. The molecule has 0 unspecified atom stereocenters. The fraction of sp³-hybridized carbons (Fsp3) is 0.182. The average Bonchev–Trinajstić information content (AvgIpc) is 2.88. The van der Waals surface area contributed by atoms with Crippen LogP contribution in [0.5, 0.6) is 0 Å². The summed E-state index contributed by atoms with van der Waals surface area (Å²) in [6.07, 6.45) is 2.12. The highest BCUT2D eigenvalue weighted by Gasteiger charge is 2.12. The maximum Gasteiger partial charge on any atom is 0.308 e. The third-order valence-electron chi connectivity index (χ3n) is 1.93. The van der Waals surface area contributed by atoms with Crippen LogP contribution in [0.4, 0.5) is 0 Å². The Morgan fingerprint density at radius 2 is 1.89 bits per heavy atom. The maximum absolute atomic E-state index is 9.22. The molecule has 0 aliphatic carbocycles. The van der Waals surface area contributed by atoms with E-state index in [1.165, 1.54) is 14.6 Å². The maximum atomic E-state index is 9.22. The predicted molar refractivity (Wildman–Crippen MR) is 80.5 cm³/mol. The standard InChI is InChI=1S/C10H9S3.CH4O4S/c1-11-10-7-9(12-13-10)8-5-3-2-4-6-8;1-5-6(2,3)4/h2-7H,1H3;1H3,(H,2,3,4)/q+1;/p-1. The van der Waals surface area contributed by atoms with Crippen molar-refractivity contribution in [3.05, 3.63) is 36.4 Å². The van der Waals surface area contributed by atoms with Gasteiger partial charge in [-0.25, -0.2) is 8.42 Å². The van der Waals surface area contributed by atoms with Crippen LogP contribution in [0, 0.1) is 0 Å². The molecule has 0 fully saturated rings. The van der Waals surface area contributed by atoms with Crippen LogP contribution in [0.1, 0.15) is 0 Å². The Morgan fingerprint density at radius 3 is 2.32 bits per heavy atom. The molecule has 0 atom stereocenters. The smallest absolute Gasteiger partial charge is 0.308 e. The second kappa shape index (κ2) is 7.93. The summed E-state index contributed by atoms with van der Waals surface area (Å²) in [6, 6.07) is 12.8. The average molecular weight is 336 g/mol. The molecule has 1 aromatic heterocycles. The van der Waals surface area contributed by atoms with E-state index in [-0.39, 0.29) is 0 Å². The first-order valence-corrected chi connectivity index (χ1v) is 9.71. The fourth-order valence-electron chi connectivity index (χ4n) is 1.07. The molecule has 0 saturated heterocycles. The highest BCUT2D eigenvalue weighted by atomic mass is 32.9. The van der Waals surface area contributed by atoms with Gasteiger partial charge in [0.15, 0.2) is 10.3 Å². The summed E-state index contributed by atoms with van der Waals surface area (Å²) in [5, 5.41) is 0. The van der Waals surface area contributed by atoms with Crippen molar-refractivity contribution in [2.24, 2.45) is 0 Å². The summed E-state index contributed by atoms with van der Waals surface area (Å²) in [7, 11) is 0.0929. The van der Waals surface area contributed by atoms with Crippen molar-refractivity contribution < 1.29 is 17.2 Å². The van der Waals surface area contributed by atoms with E-state index in [4.69, 9.17) is 0 Å². The largest absolute Gasteiger partial charge is 0.726 e. The fourth-order valence-corrected chi connectivity index (χ4v) is 4.47. The molecule has 19 heavy (non-hydrogen) atoms. The van der Waals surface area contributed by atoms with Crippen LogP contribution >= 0.6 is 32.4 Å². The molecule has 1 heterocycles. The summed E-state index contributed by atoms with van der Waals surface area (Å²) in [5.41, 5.74) is 1.32. The highest BCUT2D eigenvalue weighted by molar-refractivity contribution is 8.02. The summed E-state index contributed by atoms with van der Waals surface area (Å²) in [5.74, 6) is 0. The van der Waals surface area contributed by atoms with Crippen LogP contribution in [0.15, 0.2) is 40.6 Å². The Balaban J connectivity index is 0.000000258. The van der Waals surface area contributed by atoms with Crippen molar-refractivity contribution in [3.63, 3.8) is 0 Å². The number of hydrogen-bond acceptors (Lipinski definition) is 6. The molecule has 0 bridgehead atoms. The van der Waals surface area contributed by atoms with E-state index in [0.29, 0.717) is 0 Å². The van der Waals surface area contributed by atoms with Gasteiger partial charge in [-0.05, 0) is 11.8 Å². The monoisotopic (exact) mass is 336 g/mol. The van der Waals surface area contributed by atoms with Gasteiger partial charge >= 0.3 is 10.3 Å². The molecule has 2 rings (SSSR count). The zero-order valence-electron chi connectivity index (χ0n) is 10.2. The molecule has 0 amide bonds. The quantitative estimate of drug-likeness (QED) is 0.282. The number of rotatable bonds is 3. The Morgan fingerprint density at radius 1 is 1.32 bits per heavy atom. The van der Waals surface area contributed by atoms with Crippen molar-refractivity contribution in [2.45, 2.75) is 4.21 Å². The predicted octanol–water partition coefficient (Wildman–Crippen LogP) is 3.57. The first-order chi connectivity index (χ1) is 8.96. The van der Waals surface area contributed by atoms with Crippen LogP contribution in [0.3, 0.4) is 0 Å². The van der Waals surface area contributed by atoms with Gasteiger partial charge in [0.25, 0.3) is 4.21 Å². The number of benzene rings is 1. The highest BCUT2D eigenvalue weighted by Crippen LogP contribution is 2.35. The third-order valence-corrected chi connectivity index (χ3v) is 6.15. The molecule has 0 radical (unpaired) electrons. The zero-order valence-corrected chi connectivity index (χ0v) is 13.5. The van der Waals surface area contributed by atoms with Crippen molar-refractivity contribution in [3.8, 4) is 10.4 Å². The Labute approximate surface area is 124 Å². The van der Waals surface area contributed by atoms with Gasteiger partial charge in [0, 0.05) is 6.07 Å². The summed E-state index contributed by atoms with van der Waals surface area (Å²) in [6.45, 7) is 0. The second-order valence-electron chi connectivity index (χ2n) is 3.14. The van der Waals surface area contributed by atoms with Crippen molar-refractivity contribution >= 4 is 42.8 Å². The minimum absolute atomic E-state index is 0.808. The molecule has 2 aromatic rings. The Hall–Kier alpha value is -0.510. The molecule has 1 aromatic carbocycles. The topological polar surface area (TPSA) is 66.4 Å². The normalized spacial score (nSPS) is 10.7. The molecule has 0 spiro atoms. The second-order valence-corrected chi connectivity index (χ2v) is 7.61. The van der Waals surface area contributed by atoms with Crippen molar-refractivity contribution in [1.29, 1.82) is 0 Å². The van der Waals surface area contributed by atoms with Crippen molar-refractivity contribution in [1.82, 2.24) is 0 Å². The van der Waals surface area contributed by atoms with Gasteiger partial charge in [-0.15, -0.1) is 0 Å². The molecule has 8 heteroatoms. The van der Waals surface area contributed by atoms with E-state index in [0.717, 1.165) is 7.11 Å². The molecule has 0 aliphatic heterocycles. The van der Waals surface area contributed by atoms with E-state index >= 15 is 0 Å². The van der Waals surface area contributed by atoms with Gasteiger partial charge in [-0.3, -0.25) is 4.18 Å². The van der Waals surface area contributed by atoms with Crippen LogP contribution in [-0.4, -0.2) is 26.3 Å². The number of hydrogen-bond donors (Lipinski definition) is 0. The lowest BCUT2D eigenvalue weighted by Crippen LogP contribution is -1.97. The van der Waals surface area contributed by atoms with Crippen molar-refractivity contribution in [2.75, 3.05) is 13.4 Å². The van der Waals surface area contributed by atoms with Crippen LogP contribution in [0.2, 0.25) is 0 Å². The van der Waals surface area contributed by atoms with Gasteiger partial charge in [0.2, 0.25) is 10.4 Å². The molecular formula is C11H12O4S4. The van der Waals surface area contributed by atoms with E-state index in [2.05, 4.69) is 46.8 Å². The SMILES string of the molecule is COS(=O)(=O)[O-].CSc1cc(-c2ccccc2)s[s+]1. The summed E-state index contributed by atoms with van der Waals surface area (Å²) < 4.78 is 32.4. The Kier molecular flexibility index (Phi) is 6.90. The van der Waals surface area contributed by atoms with E-state index in [1.807, 2.05) is 32.4 Å². The summed E-state index contributed by atoms with van der Waals surface area (Å²) >= 11 is 1.81. The lowest BCUT2D eigenvalue weighted by atomic mass is 10.2. The minimum Gasteiger partial charge on any atom is -0.726 e. The van der Waals surface area contributed by atoms with E-state index < -0.39 is 10.4 Å². The first-order valence-electron chi connectivity index (χ1n) is 5.00. The zero-order chi connectivity index (χ0) is 14.3. The molecule has 0 N–H and O–H groups in total. The van der Waals surface area contributed by atoms with Gasteiger partial charge < -0.3 is 4.55 Å². The summed E-state index contributed by atoms with van der Waals surface area (Å²) in [4.78, 5) is 1.37. The van der Waals surface area contributed by atoms with Gasteiger partial charge in [-0.1, -0.05) is 42.1 Å². The van der Waals surface area contributed by atoms with E-state index in [9.17, 15) is 13.0 Å². The van der Waals surface area contributed by atoms with E-state index in [1.54, 1.807) is 0 Å². The molecule has 104 valence electrons.